The molecule has 1 amide bonds. The van der Waals surface area contributed by atoms with Crippen molar-refractivity contribution in [3.05, 3.63) is 23.0 Å². The molecule has 0 aromatic carbocycles. The molecule has 5 nitrogen and oxygen atoms in total. The Bertz CT molecular complexity index is 647. The van der Waals surface area contributed by atoms with Gasteiger partial charge in [-0.3, -0.25) is 9.59 Å². The highest BCUT2D eigenvalue weighted by molar-refractivity contribution is 6.31. The first-order chi connectivity index (χ1) is 10.7. The predicted molar refractivity (Wildman–Crippen MR) is 87.4 cm³/mol. The first-order valence-electron chi connectivity index (χ1n) is 8.05. The molecule has 0 spiro atoms. The highest BCUT2D eigenvalue weighted by Gasteiger charge is 2.52. The van der Waals surface area contributed by atoms with Crippen molar-refractivity contribution in [3.63, 3.8) is 0 Å². The fourth-order valence-corrected chi connectivity index (χ4v) is 4.05. The summed E-state index contributed by atoms with van der Waals surface area (Å²) in [6.07, 6.45) is 4.23. The molecule has 2 saturated heterocycles. The number of carbonyl (C=O) groups is 2. The van der Waals surface area contributed by atoms with Crippen molar-refractivity contribution in [2.75, 3.05) is 0 Å². The first kappa shape index (κ1) is 16.4. The number of hydrogen-bond acceptors (Lipinski definition) is 3. The van der Waals surface area contributed by atoms with E-state index < -0.39 is 5.60 Å². The Balaban J connectivity index is 1.79. The Labute approximate surface area is 141 Å². The number of halogens is 1. The molecule has 23 heavy (non-hydrogen) atoms. The van der Waals surface area contributed by atoms with Gasteiger partial charge in [0, 0.05) is 25.3 Å². The number of fused-ring (bicyclic) bond motifs is 2. The third-order valence-corrected chi connectivity index (χ3v) is 4.88. The van der Waals surface area contributed by atoms with Crippen molar-refractivity contribution < 1.29 is 14.3 Å². The van der Waals surface area contributed by atoms with E-state index in [-0.39, 0.29) is 29.9 Å². The van der Waals surface area contributed by atoms with Crippen LogP contribution in [0.25, 0.3) is 0 Å². The number of aromatic nitrogens is 1. The standard InChI is InChI=1S/C17H23ClN2O3/c1-17(2,3)23-16(22)12-8-11-5-6-13(12)20(11)15(21)14-7-10(18)9-19(14)4/h7,9,11-13H,5-6,8H2,1-4H3. The summed E-state index contributed by atoms with van der Waals surface area (Å²) in [5.41, 5.74) is 0.0658. The molecule has 1 aromatic heterocycles. The summed E-state index contributed by atoms with van der Waals surface area (Å²) in [5.74, 6) is -0.446. The summed E-state index contributed by atoms with van der Waals surface area (Å²) in [4.78, 5) is 27.2. The molecular formula is C17H23ClN2O3. The summed E-state index contributed by atoms with van der Waals surface area (Å²) >= 11 is 5.99. The second-order valence-electron chi connectivity index (χ2n) is 7.54. The van der Waals surface area contributed by atoms with Crippen LogP contribution in [0, 0.1) is 5.92 Å². The summed E-state index contributed by atoms with van der Waals surface area (Å²) in [6, 6.07) is 1.75. The quantitative estimate of drug-likeness (QED) is 0.779. The van der Waals surface area contributed by atoms with E-state index in [1.165, 1.54) is 0 Å². The van der Waals surface area contributed by atoms with Crippen LogP contribution in [0.2, 0.25) is 5.02 Å². The maximum atomic E-state index is 12.9. The van der Waals surface area contributed by atoms with Crippen LogP contribution in [0.3, 0.4) is 0 Å². The third-order valence-electron chi connectivity index (χ3n) is 4.67. The Morgan fingerprint density at radius 3 is 2.57 bits per heavy atom. The minimum Gasteiger partial charge on any atom is -0.460 e. The van der Waals surface area contributed by atoms with E-state index in [1.54, 1.807) is 16.8 Å². The molecule has 2 aliphatic heterocycles. The lowest BCUT2D eigenvalue weighted by atomic mass is 9.89. The van der Waals surface area contributed by atoms with E-state index in [0.717, 1.165) is 12.8 Å². The first-order valence-corrected chi connectivity index (χ1v) is 8.42. The number of amides is 1. The molecule has 2 fully saturated rings. The van der Waals surface area contributed by atoms with Gasteiger partial charge in [-0.05, 0) is 46.1 Å². The van der Waals surface area contributed by atoms with Gasteiger partial charge in [-0.2, -0.15) is 0 Å². The lowest BCUT2D eigenvalue weighted by molar-refractivity contribution is -0.160. The summed E-state index contributed by atoms with van der Waals surface area (Å²) in [5, 5.41) is 0.547. The highest BCUT2D eigenvalue weighted by atomic mass is 35.5. The Morgan fingerprint density at radius 2 is 2.00 bits per heavy atom. The molecule has 6 heteroatoms. The number of carbonyl (C=O) groups excluding carboxylic acids is 2. The van der Waals surface area contributed by atoms with Crippen molar-refractivity contribution in [3.8, 4) is 0 Å². The number of aryl methyl sites for hydroxylation is 1. The van der Waals surface area contributed by atoms with E-state index in [0.29, 0.717) is 17.1 Å². The SMILES string of the molecule is Cn1cc(Cl)cc1C(=O)N1C2CCC1C(C(=O)OC(C)(C)C)C2. The maximum absolute atomic E-state index is 12.9. The molecule has 0 saturated carbocycles. The number of nitrogens with zero attached hydrogens (tertiary/aromatic N) is 2. The zero-order valence-corrected chi connectivity index (χ0v) is 14.8. The zero-order chi connectivity index (χ0) is 16.9. The van der Waals surface area contributed by atoms with Crippen LogP contribution in [-0.2, 0) is 16.6 Å². The fraction of sp³-hybridized carbons (Fsp3) is 0.647. The molecule has 3 atom stereocenters. The number of ether oxygens (including phenoxy) is 1. The maximum Gasteiger partial charge on any atom is 0.311 e. The predicted octanol–water partition coefficient (Wildman–Crippen LogP) is 3.01. The Morgan fingerprint density at radius 1 is 1.30 bits per heavy atom. The Kier molecular flexibility index (Phi) is 3.95. The van der Waals surface area contributed by atoms with Gasteiger partial charge in [-0.1, -0.05) is 11.6 Å². The van der Waals surface area contributed by atoms with Crippen LogP contribution in [-0.4, -0.2) is 39.0 Å². The van der Waals surface area contributed by atoms with Crippen LogP contribution in [0.4, 0.5) is 0 Å². The monoisotopic (exact) mass is 338 g/mol. The van der Waals surface area contributed by atoms with Crippen LogP contribution < -0.4 is 0 Å². The lowest BCUT2D eigenvalue weighted by Gasteiger charge is -2.26. The van der Waals surface area contributed by atoms with Crippen LogP contribution >= 0.6 is 11.6 Å². The van der Waals surface area contributed by atoms with Crippen molar-refractivity contribution in [2.24, 2.45) is 13.0 Å². The molecule has 0 aliphatic carbocycles. The van der Waals surface area contributed by atoms with Crippen molar-refractivity contribution in [1.29, 1.82) is 0 Å². The van der Waals surface area contributed by atoms with Gasteiger partial charge < -0.3 is 14.2 Å². The lowest BCUT2D eigenvalue weighted by Crippen LogP contribution is -2.40. The molecule has 2 aliphatic rings. The van der Waals surface area contributed by atoms with Gasteiger partial charge in [0.15, 0.2) is 0 Å². The molecule has 2 bridgehead atoms. The van der Waals surface area contributed by atoms with Gasteiger partial charge >= 0.3 is 5.97 Å². The van der Waals surface area contributed by atoms with Crippen molar-refractivity contribution in [1.82, 2.24) is 9.47 Å². The van der Waals surface area contributed by atoms with Gasteiger partial charge in [0.1, 0.15) is 11.3 Å². The second-order valence-corrected chi connectivity index (χ2v) is 7.98. The van der Waals surface area contributed by atoms with Gasteiger partial charge in [0.25, 0.3) is 5.91 Å². The molecule has 3 heterocycles. The summed E-state index contributed by atoms with van der Waals surface area (Å²) in [7, 11) is 1.81. The minimum absolute atomic E-state index is 0.0436. The van der Waals surface area contributed by atoms with E-state index in [9.17, 15) is 9.59 Å². The fourth-order valence-electron chi connectivity index (χ4n) is 3.81. The smallest absolute Gasteiger partial charge is 0.311 e. The van der Waals surface area contributed by atoms with E-state index >= 15 is 0 Å². The van der Waals surface area contributed by atoms with Crippen molar-refractivity contribution in [2.45, 2.75) is 57.7 Å². The second kappa shape index (κ2) is 5.55. The molecule has 0 N–H and O–H groups in total. The zero-order valence-electron chi connectivity index (χ0n) is 14.0. The average Bonchev–Trinajstić information content (AvgIpc) is 3.08. The van der Waals surface area contributed by atoms with Crippen LogP contribution in [0.1, 0.15) is 50.5 Å². The van der Waals surface area contributed by atoms with Gasteiger partial charge in [-0.15, -0.1) is 0 Å². The highest BCUT2D eigenvalue weighted by Crippen LogP contribution is 2.43. The summed E-state index contributed by atoms with van der Waals surface area (Å²) in [6.45, 7) is 5.60. The van der Waals surface area contributed by atoms with Gasteiger partial charge in [0.2, 0.25) is 0 Å². The molecule has 3 unspecified atom stereocenters. The topological polar surface area (TPSA) is 51.5 Å². The number of esters is 1. The third kappa shape index (κ3) is 2.99. The van der Waals surface area contributed by atoms with Crippen molar-refractivity contribution >= 4 is 23.5 Å². The van der Waals surface area contributed by atoms with Crippen LogP contribution in [0.5, 0.6) is 0 Å². The number of rotatable bonds is 2. The Hall–Kier alpha value is -1.49. The summed E-state index contributed by atoms with van der Waals surface area (Å²) < 4.78 is 7.27. The van der Waals surface area contributed by atoms with E-state index in [4.69, 9.17) is 16.3 Å². The molecular weight excluding hydrogens is 316 g/mol. The minimum atomic E-state index is -0.501. The number of hydrogen-bond donors (Lipinski definition) is 0. The normalized spacial score (nSPS) is 26.7. The largest absolute Gasteiger partial charge is 0.460 e. The van der Waals surface area contributed by atoms with E-state index in [2.05, 4.69) is 0 Å². The van der Waals surface area contributed by atoms with Gasteiger partial charge in [-0.25, -0.2) is 0 Å². The molecule has 3 rings (SSSR count). The van der Waals surface area contributed by atoms with E-state index in [1.807, 2.05) is 32.7 Å². The molecule has 1 aromatic rings. The van der Waals surface area contributed by atoms with Gasteiger partial charge in [0.05, 0.1) is 10.9 Å². The average molecular weight is 339 g/mol. The molecule has 0 radical (unpaired) electrons. The van der Waals surface area contributed by atoms with Crippen LogP contribution in [0.15, 0.2) is 12.3 Å². The molecule has 126 valence electrons.